The molecule has 0 saturated heterocycles. The summed E-state index contributed by atoms with van der Waals surface area (Å²) in [5, 5.41) is 1.94. The average molecular weight is 347 g/mol. The molecule has 2 aromatic rings. The van der Waals surface area contributed by atoms with Gasteiger partial charge in [0.25, 0.3) is 0 Å². The molecule has 2 aliphatic carbocycles. The molecule has 0 radical (unpaired) electrons. The average Bonchev–Trinajstić information content (AvgIpc) is 2.80. The van der Waals surface area contributed by atoms with Crippen molar-refractivity contribution in [2.75, 3.05) is 14.2 Å². The molecule has 2 aliphatic rings. The third kappa shape index (κ3) is 2.41. The van der Waals surface area contributed by atoms with E-state index in [4.69, 9.17) is 9.47 Å². The topological polar surface area (TPSA) is 51.3 Å². The fourth-order valence-corrected chi connectivity index (χ4v) is 3.87. The molecule has 0 unspecified atom stereocenters. The Morgan fingerprint density at radius 3 is 2.73 bits per heavy atom. The Morgan fingerprint density at radius 1 is 1.15 bits per heavy atom. The van der Waals surface area contributed by atoms with Crippen molar-refractivity contribution in [3.05, 3.63) is 58.1 Å². The van der Waals surface area contributed by atoms with Crippen LogP contribution in [0.1, 0.15) is 28.8 Å². The second-order valence-corrected chi connectivity index (χ2v) is 6.45. The Hall–Kier alpha value is -3.01. The summed E-state index contributed by atoms with van der Waals surface area (Å²) in [4.78, 5) is 16.4. The molecule has 0 fully saturated rings. The Morgan fingerprint density at radius 2 is 2.00 bits per heavy atom. The van der Waals surface area contributed by atoms with Crippen LogP contribution in [0.3, 0.4) is 0 Å². The van der Waals surface area contributed by atoms with E-state index in [0.717, 1.165) is 44.9 Å². The van der Waals surface area contributed by atoms with Crippen molar-refractivity contribution in [2.24, 2.45) is 0 Å². The standard InChI is InChI=1S/C22H21NO3/c1-4-13-6-5-7-16-17(12-13)23-21-14-9-11-19(25-2)22(26-3)15(14)8-10-18(24)20(16)21/h4,6-7,9,11-12,23H,1,5,8,10H2,2-3H3. The second kappa shape index (κ2) is 6.37. The number of aromatic amines is 1. The zero-order valence-corrected chi connectivity index (χ0v) is 15.0. The van der Waals surface area contributed by atoms with E-state index in [2.05, 4.69) is 23.7 Å². The molecule has 132 valence electrons. The van der Waals surface area contributed by atoms with Crippen LogP contribution in [0, 0.1) is 0 Å². The summed E-state index contributed by atoms with van der Waals surface area (Å²) in [6.07, 6.45) is 9.96. The zero-order valence-electron chi connectivity index (χ0n) is 15.0. The van der Waals surface area contributed by atoms with E-state index >= 15 is 0 Å². The van der Waals surface area contributed by atoms with Gasteiger partial charge in [0.05, 0.1) is 25.5 Å². The number of H-pyrrole nitrogens is 1. The maximum atomic E-state index is 13.0. The van der Waals surface area contributed by atoms with Crippen LogP contribution < -0.4 is 20.0 Å². The van der Waals surface area contributed by atoms with Crippen LogP contribution in [0.5, 0.6) is 11.5 Å². The molecular formula is C22H21NO3. The molecule has 0 amide bonds. The zero-order chi connectivity index (χ0) is 18.3. The number of allylic oxidation sites excluding steroid dienone is 3. The molecule has 4 rings (SSSR count). The minimum absolute atomic E-state index is 0.154. The summed E-state index contributed by atoms with van der Waals surface area (Å²) in [5.74, 6) is 1.54. The van der Waals surface area contributed by atoms with E-state index in [1.165, 1.54) is 0 Å². The summed E-state index contributed by atoms with van der Waals surface area (Å²) in [6.45, 7) is 3.86. The number of fused-ring (bicyclic) bond motifs is 5. The summed E-state index contributed by atoms with van der Waals surface area (Å²) in [7, 11) is 3.26. The molecule has 26 heavy (non-hydrogen) atoms. The predicted octanol–water partition coefficient (Wildman–Crippen LogP) is 2.90. The minimum atomic E-state index is 0.154. The molecule has 0 saturated carbocycles. The van der Waals surface area contributed by atoms with Crippen molar-refractivity contribution in [3.8, 4) is 22.8 Å². The van der Waals surface area contributed by atoms with Gasteiger partial charge in [-0.25, -0.2) is 0 Å². The van der Waals surface area contributed by atoms with Crippen LogP contribution in [0.4, 0.5) is 0 Å². The van der Waals surface area contributed by atoms with Crippen molar-refractivity contribution < 1.29 is 14.3 Å². The van der Waals surface area contributed by atoms with E-state index in [1.54, 1.807) is 14.2 Å². The number of ether oxygens (including phenoxy) is 2. The Labute approximate surface area is 152 Å². The first kappa shape index (κ1) is 16.5. The molecular weight excluding hydrogens is 326 g/mol. The lowest BCUT2D eigenvalue weighted by Crippen LogP contribution is -2.26. The highest BCUT2D eigenvalue weighted by molar-refractivity contribution is 6.04. The van der Waals surface area contributed by atoms with Gasteiger partial charge in [-0.15, -0.1) is 0 Å². The van der Waals surface area contributed by atoms with E-state index in [9.17, 15) is 4.79 Å². The highest BCUT2D eigenvalue weighted by Crippen LogP contribution is 2.40. The first-order valence-corrected chi connectivity index (χ1v) is 8.71. The van der Waals surface area contributed by atoms with Gasteiger partial charge in [-0.2, -0.15) is 0 Å². The number of carbonyl (C=O) groups is 1. The SMILES string of the molecule is C=CC1=CCC=c2c3c([nH]c2=C1)-c1ccc(OC)c(OC)c1CCC3=O. The molecule has 4 nitrogen and oxygen atoms in total. The number of aromatic nitrogens is 1. The fourth-order valence-electron chi connectivity index (χ4n) is 3.87. The van der Waals surface area contributed by atoms with Crippen molar-refractivity contribution in [1.29, 1.82) is 0 Å². The van der Waals surface area contributed by atoms with Crippen molar-refractivity contribution >= 4 is 17.9 Å². The molecule has 1 heterocycles. The largest absolute Gasteiger partial charge is 0.493 e. The van der Waals surface area contributed by atoms with Crippen molar-refractivity contribution in [1.82, 2.24) is 4.98 Å². The lowest BCUT2D eigenvalue weighted by atomic mass is 10.0. The number of methoxy groups -OCH3 is 2. The molecule has 0 bridgehead atoms. The minimum Gasteiger partial charge on any atom is -0.493 e. The maximum Gasteiger partial charge on any atom is 0.165 e. The van der Waals surface area contributed by atoms with Gasteiger partial charge in [0.1, 0.15) is 0 Å². The molecule has 1 N–H and O–H groups in total. The number of rotatable bonds is 3. The van der Waals surface area contributed by atoms with Crippen LogP contribution >= 0.6 is 0 Å². The monoisotopic (exact) mass is 347 g/mol. The van der Waals surface area contributed by atoms with Gasteiger partial charge < -0.3 is 14.5 Å². The first-order chi connectivity index (χ1) is 12.7. The van der Waals surface area contributed by atoms with Gasteiger partial charge in [-0.3, -0.25) is 4.79 Å². The summed E-state index contributed by atoms with van der Waals surface area (Å²) < 4.78 is 11.0. The van der Waals surface area contributed by atoms with Gasteiger partial charge in [0, 0.05) is 28.1 Å². The second-order valence-electron chi connectivity index (χ2n) is 6.45. The molecule has 0 spiro atoms. The van der Waals surface area contributed by atoms with Crippen LogP contribution in [-0.2, 0) is 6.42 Å². The summed E-state index contributed by atoms with van der Waals surface area (Å²) in [5.41, 5.74) is 4.71. The summed E-state index contributed by atoms with van der Waals surface area (Å²) in [6, 6.07) is 3.90. The van der Waals surface area contributed by atoms with E-state index in [0.29, 0.717) is 24.3 Å². The first-order valence-electron chi connectivity index (χ1n) is 8.71. The van der Waals surface area contributed by atoms with Crippen LogP contribution in [0.25, 0.3) is 23.4 Å². The van der Waals surface area contributed by atoms with Gasteiger partial charge in [-0.05, 0) is 36.6 Å². The number of hydrogen-bond acceptors (Lipinski definition) is 3. The smallest absolute Gasteiger partial charge is 0.165 e. The van der Waals surface area contributed by atoms with E-state index < -0.39 is 0 Å². The van der Waals surface area contributed by atoms with Crippen LogP contribution in [-0.4, -0.2) is 25.0 Å². The highest BCUT2D eigenvalue weighted by Gasteiger charge is 2.27. The molecule has 1 aromatic heterocycles. The molecule has 1 aromatic carbocycles. The van der Waals surface area contributed by atoms with Gasteiger partial charge in [-0.1, -0.05) is 24.8 Å². The van der Waals surface area contributed by atoms with Gasteiger partial charge >= 0.3 is 0 Å². The fraction of sp³-hybridized carbons (Fsp3) is 0.227. The molecule has 4 heteroatoms. The Kier molecular flexibility index (Phi) is 4.03. The maximum absolute atomic E-state index is 13.0. The van der Waals surface area contributed by atoms with Gasteiger partial charge in [0.15, 0.2) is 17.3 Å². The summed E-state index contributed by atoms with van der Waals surface area (Å²) >= 11 is 0. The Balaban J connectivity index is 2.06. The lowest BCUT2D eigenvalue weighted by molar-refractivity contribution is 0.0983. The number of Topliss-reactive ketones (excluding diaryl/α,β-unsaturated/α-hetero) is 1. The van der Waals surface area contributed by atoms with E-state index in [-0.39, 0.29) is 5.78 Å². The number of hydrogen-bond donors (Lipinski definition) is 1. The molecule has 0 atom stereocenters. The van der Waals surface area contributed by atoms with E-state index in [1.807, 2.05) is 24.3 Å². The normalized spacial score (nSPS) is 15.2. The molecule has 0 aliphatic heterocycles. The number of benzene rings is 1. The van der Waals surface area contributed by atoms with Crippen molar-refractivity contribution in [3.63, 3.8) is 0 Å². The quantitative estimate of drug-likeness (QED) is 0.929. The lowest BCUT2D eigenvalue weighted by Gasteiger charge is -2.15. The number of carbonyl (C=O) groups excluding carboxylic acids is 1. The van der Waals surface area contributed by atoms with Crippen LogP contribution in [0.2, 0.25) is 0 Å². The highest BCUT2D eigenvalue weighted by atomic mass is 16.5. The third-order valence-corrected chi connectivity index (χ3v) is 5.09. The Bertz CT molecular complexity index is 1070. The number of ketones is 1. The van der Waals surface area contributed by atoms with Crippen LogP contribution in [0.15, 0.2) is 36.4 Å². The number of nitrogens with one attached hydrogen (secondary N) is 1. The third-order valence-electron chi connectivity index (χ3n) is 5.09. The van der Waals surface area contributed by atoms with Gasteiger partial charge in [0.2, 0.25) is 0 Å². The van der Waals surface area contributed by atoms with Crippen molar-refractivity contribution in [2.45, 2.75) is 19.3 Å². The predicted molar refractivity (Wildman–Crippen MR) is 103 cm³/mol.